The smallest absolute Gasteiger partial charge is 0.138 e. The maximum Gasteiger partial charge on any atom is 0.138 e. The van der Waals surface area contributed by atoms with Crippen molar-refractivity contribution in [1.82, 2.24) is 9.97 Å². The van der Waals surface area contributed by atoms with Gasteiger partial charge in [0.1, 0.15) is 5.65 Å². The van der Waals surface area contributed by atoms with E-state index in [2.05, 4.69) is 21.8 Å². The van der Waals surface area contributed by atoms with Crippen molar-refractivity contribution in [3.8, 4) is 11.8 Å². The second kappa shape index (κ2) is 5.04. The minimum absolute atomic E-state index is 0.539. The van der Waals surface area contributed by atoms with Crippen LogP contribution >= 0.6 is 11.6 Å². The molecule has 18 heavy (non-hydrogen) atoms. The van der Waals surface area contributed by atoms with Crippen LogP contribution in [0.2, 0.25) is 5.02 Å². The zero-order valence-corrected chi connectivity index (χ0v) is 10.9. The molecule has 0 aromatic carbocycles. The van der Waals surface area contributed by atoms with Crippen LogP contribution < -0.4 is 0 Å². The van der Waals surface area contributed by atoms with Gasteiger partial charge in [-0.15, -0.1) is 0 Å². The van der Waals surface area contributed by atoms with Crippen molar-refractivity contribution < 1.29 is 0 Å². The van der Waals surface area contributed by atoms with Crippen LogP contribution in [0.15, 0.2) is 18.5 Å². The fraction of sp³-hybridized carbons (Fsp3) is 0.400. The van der Waals surface area contributed by atoms with E-state index in [9.17, 15) is 0 Å². The van der Waals surface area contributed by atoms with Crippen LogP contribution in [-0.2, 0) is 0 Å². The Bertz CT molecular complexity index is 612. The Hall–Kier alpha value is -1.46. The molecule has 0 amide bonds. The molecule has 0 radical (unpaired) electrons. The van der Waals surface area contributed by atoms with Gasteiger partial charge in [-0.05, 0) is 18.9 Å². The van der Waals surface area contributed by atoms with Gasteiger partial charge in [-0.1, -0.05) is 42.7 Å². The van der Waals surface area contributed by atoms with Gasteiger partial charge in [-0.3, -0.25) is 0 Å². The van der Waals surface area contributed by atoms with Crippen molar-refractivity contribution in [2.75, 3.05) is 0 Å². The molecule has 1 aliphatic carbocycles. The molecule has 1 aliphatic rings. The lowest BCUT2D eigenvalue weighted by atomic mass is 9.90. The molecule has 0 bridgehead atoms. The summed E-state index contributed by atoms with van der Waals surface area (Å²) in [5.74, 6) is 7.10. The zero-order valence-electron chi connectivity index (χ0n) is 10.2. The summed E-state index contributed by atoms with van der Waals surface area (Å²) in [5, 5.41) is 1.66. The maximum atomic E-state index is 6.34. The lowest BCUT2D eigenvalue weighted by molar-refractivity contribution is 0.430. The number of pyridine rings is 1. The van der Waals surface area contributed by atoms with Crippen LogP contribution in [0.5, 0.6) is 0 Å². The van der Waals surface area contributed by atoms with Gasteiger partial charge in [-0.2, -0.15) is 0 Å². The van der Waals surface area contributed by atoms with Crippen molar-refractivity contribution >= 4 is 22.6 Å². The first kappa shape index (κ1) is 11.6. The lowest BCUT2D eigenvalue weighted by Gasteiger charge is -2.15. The third kappa shape index (κ3) is 2.23. The van der Waals surface area contributed by atoms with Gasteiger partial charge in [0, 0.05) is 23.7 Å². The average molecular weight is 259 g/mol. The third-order valence-electron chi connectivity index (χ3n) is 3.54. The van der Waals surface area contributed by atoms with Crippen LogP contribution in [0, 0.1) is 17.8 Å². The fourth-order valence-corrected chi connectivity index (χ4v) is 2.74. The molecule has 3 rings (SSSR count). The molecule has 2 aromatic rings. The Morgan fingerprint density at radius 1 is 1.28 bits per heavy atom. The second-order valence-corrected chi connectivity index (χ2v) is 5.21. The summed E-state index contributed by atoms with van der Waals surface area (Å²) in [6, 6.07) is 1.94. The first-order chi connectivity index (χ1) is 8.84. The van der Waals surface area contributed by atoms with Crippen molar-refractivity contribution in [3.05, 3.63) is 29.0 Å². The molecule has 3 heteroatoms. The Labute approximate surface area is 112 Å². The van der Waals surface area contributed by atoms with Crippen molar-refractivity contribution in [3.63, 3.8) is 0 Å². The largest absolute Gasteiger partial charge is 0.346 e. The highest BCUT2D eigenvalue weighted by Crippen LogP contribution is 2.26. The standard InChI is InChI=1S/C15H15ClN2/c16-14-12(7-6-11-4-2-1-3-5-11)10-18-15-13(14)8-9-17-15/h8-11H,1-5H2,(H,17,18). The average Bonchev–Trinajstić information content (AvgIpc) is 2.88. The number of hydrogen-bond acceptors (Lipinski definition) is 1. The van der Waals surface area contributed by atoms with Gasteiger partial charge in [0.15, 0.2) is 0 Å². The molecule has 0 atom stereocenters. The Morgan fingerprint density at radius 2 is 2.11 bits per heavy atom. The van der Waals surface area contributed by atoms with Crippen LogP contribution in [0.3, 0.4) is 0 Å². The quantitative estimate of drug-likeness (QED) is 0.707. The topological polar surface area (TPSA) is 28.7 Å². The summed E-state index contributed by atoms with van der Waals surface area (Å²) in [6.07, 6.45) is 10.0. The molecule has 1 fully saturated rings. The van der Waals surface area contributed by atoms with E-state index < -0.39 is 0 Å². The zero-order chi connectivity index (χ0) is 12.4. The second-order valence-electron chi connectivity index (χ2n) is 4.83. The van der Waals surface area contributed by atoms with Crippen LogP contribution in [0.4, 0.5) is 0 Å². The summed E-state index contributed by atoms with van der Waals surface area (Å²) >= 11 is 6.34. The van der Waals surface area contributed by atoms with Gasteiger partial charge >= 0.3 is 0 Å². The van der Waals surface area contributed by atoms with E-state index in [1.54, 1.807) is 6.20 Å². The molecule has 92 valence electrons. The van der Waals surface area contributed by atoms with E-state index in [1.165, 1.54) is 32.1 Å². The van der Waals surface area contributed by atoms with E-state index in [4.69, 9.17) is 11.6 Å². The molecular formula is C15H15ClN2. The van der Waals surface area contributed by atoms with Gasteiger partial charge < -0.3 is 4.98 Å². The lowest BCUT2D eigenvalue weighted by Crippen LogP contribution is -2.03. The molecule has 2 heterocycles. The molecule has 1 N–H and O–H groups in total. The number of aromatic amines is 1. The van der Waals surface area contributed by atoms with Crippen molar-refractivity contribution in [1.29, 1.82) is 0 Å². The van der Waals surface area contributed by atoms with E-state index in [0.717, 1.165) is 16.6 Å². The number of hydrogen-bond donors (Lipinski definition) is 1. The first-order valence-electron chi connectivity index (χ1n) is 6.48. The summed E-state index contributed by atoms with van der Waals surface area (Å²) in [7, 11) is 0. The Balaban J connectivity index is 1.90. The molecule has 1 saturated carbocycles. The number of aromatic nitrogens is 2. The molecule has 0 spiro atoms. The fourth-order valence-electron chi connectivity index (χ4n) is 2.49. The minimum Gasteiger partial charge on any atom is -0.346 e. The monoisotopic (exact) mass is 258 g/mol. The minimum atomic E-state index is 0.539. The number of nitrogens with one attached hydrogen (secondary N) is 1. The van der Waals surface area contributed by atoms with E-state index >= 15 is 0 Å². The summed E-state index contributed by atoms with van der Waals surface area (Å²) < 4.78 is 0. The normalized spacial score (nSPS) is 16.5. The Morgan fingerprint density at radius 3 is 2.94 bits per heavy atom. The number of nitrogens with zero attached hydrogens (tertiary/aromatic N) is 1. The number of halogens is 1. The molecule has 0 aliphatic heterocycles. The third-order valence-corrected chi connectivity index (χ3v) is 3.94. The predicted molar refractivity (Wildman–Crippen MR) is 74.6 cm³/mol. The van der Waals surface area contributed by atoms with Gasteiger partial charge in [-0.25, -0.2) is 4.98 Å². The predicted octanol–water partition coefficient (Wildman–Crippen LogP) is 4.15. The summed E-state index contributed by atoms with van der Waals surface area (Å²) in [5.41, 5.74) is 1.66. The highest BCUT2D eigenvalue weighted by Gasteiger charge is 2.10. The molecule has 0 saturated heterocycles. The van der Waals surface area contributed by atoms with E-state index in [1.807, 2.05) is 12.3 Å². The maximum absolute atomic E-state index is 6.34. The van der Waals surface area contributed by atoms with Crippen LogP contribution in [-0.4, -0.2) is 9.97 Å². The summed E-state index contributed by atoms with van der Waals surface area (Å²) in [4.78, 5) is 7.37. The molecule has 2 aromatic heterocycles. The Kier molecular flexibility index (Phi) is 3.25. The van der Waals surface area contributed by atoms with Crippen LogP contribution in [0.25, 0.3) is 11.0 Å². The van der Waals surface area contributed by atoms with Gasteiger partial charge in [0.05, 0.1) is 10.6 Å². The van der Waals surface area contributed by atoms with Gasteiger partial charge in [0.2, 0.25) is 0 Å². The summed E-state index contributed by atoms with van der Waals surface area (Å²) in [6.45, 7) is 0. The van der Waals surface area contributed by atoms with Crippen molar-refractivity contribution in [2.45, 2.75) is 32.1 Å². The number of fused-ring (bicyclic) bond motifs is 1. The molecule has 2 nitrogen and oxygen atoms in total. The first-order valence-corrected chi connectivity index (χ1v) is 6.85. The van der Waals surface area contributed by atoms with Crippen LogP contribution in [0.1, 0.15) is 37.7 Å². The highest BCUT2D eigenvalue weighted by atomic mass is 35.5. The molecule has 0 unspecified atom stereocenters. The van der Waals surface area contributed by atoms with E-state index in [-0.39, 0.29) is 0 Å². The number of H-pyrrole nitrogens is 1. The molecular weight excluding hydrogens is 244 g/mol. The SMILES string of the molecule is Clc1c(C#CC2CCCCC2)cnc2[nH]ccc12. The van der Waals surface area contributed by atoms with Crippen molar-refractivity contribution in [2.24, 2.45) is 5.92 Å². The highest BCUT2D eigenvalue weighted by molar-refractivity contribution is 6.36. The number of rotatable bonds is 0. The van der Waals surface area contributed by atoms with E-state index in [0.29, 0.717) is 10.9 Å². The van der Waals surface area contributed by atoms with Gasteiger partial charge in [0.25, 0.3) is 0 Å².